The van der Waals surface area contributed by atoms with E-state index in [0.717, 1.165) is 28.2 Å². The van der Waals surface area contributed by atoms with Crippen LogP contribution in [0.2, 0.25) is 0 Å². The molecule has 0 aliphatic carbocycles. The number of rotatable bonds is 3. The van der Waals surface area contributed by atoms with Gasteiger partial charge in [-0.1, -0.05) is 6.92 Å². The minimum atomic E-state index is 0.0456. The Bertz CT molecular complexity index is 560. The monoisotopic (exact) mass is 246 g/mol. The summed E-state index contributed by atoms with van der Waals surface area (Å²) in [5.74, 6) is 0.0456. The van der Waals surface area contributed by atoms with Gasteiger partial charge in [0.25, 0.3) is 0 Å². The van der Waals surface area contributed by atoms with Gasteiger partial charge in [0.15, 0.2) is 5.78 Å². The van der Waals surface area contributed by atoms with E-state index in [-0.39, 0.29) is 5.78 Å². The standard InChI is InChI=1S/C13H14N2OS/c1-4-12-11(5-8(2)14-15-12)13(16)10-6-9(3)17-7-10/h5-7H,4H2,1-3H3. The number of hydrogen-bond acceptors (Lipinski definition) is 4. The minimum Gasteiger partial charge on any atom is -0.289 e. The summed E-state index contributed by atoms with van der Waals surface area (Å²) in [5, 5.41) is 9.97. The number of carbonyl (C=O) groups excluding carboxylic acids is 1. The second kappa shape index (κ2) is 4.75. The number of nitrogens with zero attached hydrogens (tertiary/aromatic N) is 2. The molecule has 0 saturated carbocycles. The molecule has 2 heterocycles. The Labute approximate surface area is 105 Å². The zero-order chi connectivity index (χ0) is 12.4. The van der Waals surface area contributed by atoms with Gasteiger partial charge in [-0.3, -0.25) is 4.79 Å². The lowest BCUT2D eigenvalue weighted by Gasteiger charge is -2.04. The summed E-state index contributed by atoms with van der Waals surface area (Å²) in [6, 6.07) is 3.74. The maximum absolute atomic E-state index is 12.3. The summed E-state index contributed by atoms with van der Waals surface area (Å²) in [4.78, 5) is 13.5. The lowest BCUT2D eigenvalue weighted by atomic mass is 10.0. The summed E-state index contributed by atoms with van der Waals surface area (Å²) in [6.07, 6.45) is 0.720. The summed E-state index contributed by atoms with van der Waals surface area (Å²) in [5.41, 5.74) is 2.97. The molecule has 0 amide bonds. The third kappa shape index (κ3) is 2.42. The summed E-state index contributed by atoms with van der Waals surface area (Å²) < 4.78 is 0. The first-order valence-electron chi connectivity index (χ1n) is 5.55. The lowest BCUT2D eigenvalue weighted by Crippen LogP contribution is -2.08. The highest BCUT2D eigenvalue weighted by Crippen LogP contribution is 2.19. The summed E-state index contributed by atoms with van der Waals surface area (Å²) in [7, 11) is 0. The molecule has 0 spiro atoms. The van der Waals surface area contributed by atoms with Crippen molar-refractivity contribution in [2.45, 2.75) is 27.2 Å². The average molecular weight is 246 g/mol. The molecular formula is C13H14N2OS. The predicted octanol–water partition coefficient (Wildman–Crippen LogP) is 2.95. The second-order valence-corrected chi connectivity index (χ2v) is 5.09. The van der Waals surface area contributed by atoms with Gasteiger partial charge in [-0.15, -0.1) is 11.3 Å². The molecule has 0 unspecified atom stereocenters. The molecule has 0 radical (unpaired) electrons. The smallest absolute Gasteiger partial charge is 0.195 e. The average Bonchev–Trinajstić information content (AvgIpc) is 2.75. The molecule has 0 aliphatic rings. The fourth-order valence-corrected chi connectivity index (χ4v) is 2.37. The van der Waals surface area contributed by atoms with Gasteiger partial charge in [0.2, 0.25) is 0 Å². The first kappa shape index (κ1) is 11.9. The van der Waals surface area contributed by atoms with E-state index in [1.165, 1.54) is 0 Å². The Morgan fingerprint density at radius 2 is 2.06 bits per heavy atom. The zero-order valence-corrected chi connectivity index (χ0v) is 11.0. The largest absolute Gasteiger partial charge is 0.289 e. The normalized spacial score (nSPS) is 10.5. The topological polar surface area (TPSA) is 42.9 Å². The number of thiophene rings is 1. The van der Waals surface area contributed by atoms with Gasteiger partial charge >= 0.3 is 0 Å². The third-order valence-corrected chi connectivity index (χ3v) is 3.43. The van der Waals surface area contributed by atoms with E-state index < -0.39 is 0 Å². The number of ketones is 1. The van der Waals surface area contributed by atoms with Crippen LogP contribution in [0.5, 0.6) is 0 Å². The van der Waals surface area contributed by atoms with Gasteiger partial charge in [-0.05, 0) is 32.4 Å². The number of hydrogen-bond donors (Lipinski definition) is 0. The van der Waals surface area contributed by atoms with E-state index in [1.807, 2.05) is 38.3 Å². The van der Waals surface area contributed by atoms with Crippen molar-refractivity contribution >= 4 is 17.1 Å². The third-order valence-electron chi connectivity index (χ3n) is 2.56. The van der Waals surface area contributed by atoms with Gasteiger partial charge in [-0.25, -0.2) is 0 Å². The Morgan fingerprint density at radius 3 is 2.65 bits per heavy atom. The van der Waals surface area contributed by atoms with E-state index >= 15 is 0 Å². The van der Waals surface area contributed by atoms with Gasteiger partial charge in [0, 0.05) is 21.4 Å². The molecule has 2 aromatic heterocycles. The van der Waals surface area contributed by atoms with Crippen LogP contribution in [0.3, 0.4) is 0 Å². The summed E-state index contributed by atoms with van der Waals surface area (Å²) >= 11 is 1.59. The predicted molar refractivity (Wildman–Crippen MR) is 68.6 cm³/mol. The maximum atomic E-state index is 12.3. The molecule has 0 aromatic carbocycles. The van der Waals surface area contributed by atoms with Crippen LogP contribution >= 0.6 is 11.3 Å². The number of aryl methyl sites for hydroxylation is 3. The van der Waals surface area contributed by atoms with Crippen molar-refractivity contribution in [3.63, 3.8) is 0 Å². The van der Waals surface area contributed by atoms with Gasteiger partial charge in [0.1, 0.15) is 0 Å². The molecule has 2 aromatic rings. The van der Waals surface area contributed by atoms with Crippen molar-refractivity contribution in [1.82, 2.24) is 10.2 Å². The minimum absolute atomic E-state index is 0.0456. The molecule has 2 rings (SSSR count). The first-order valence-corrected chi connectivity index (χ1v) is 6.42. The second-order valence-electron chi connectivity index (χ2n) is 3.97. The highest BCUT2D eigenvalue weighted by molar-refractivity contribution is 7.10. The van der Waals surface area contributed by atoms with Crippen LogP contribution in [0, 0.1) is 13.8 Å². The van der Waals surface area contributed by atoms with Crippen LogP contribution in [-0.2, 0) is 6.42 Å². The highest BCUT2D eigenvalue weighted by atomic mass is 32.1. The molecule has 0 N–H and O–H groups in total. The van der Waals surface area contributed by atoms with Crippen LogP contribution < -0.4 is 0 Å². The fourth-order valence-electron chi connectivity index (χ4n) is 1.69. The van der Waals surface area contributed by atoms with Crippen molar-refractivity contribution in [3.05, 3.63) is 44.9 Å². The molecule has 3 nitrogen and oxygen atoms in total. The SMILES string of the molecule is CCc1nnc(C)cc1C(=O)c1csc(C)c1. The van der Waals surface area contributed by atoms with Crippen molar-refractivity contribution in [2.75, 3.05) is 0 Å². The fraction of sp³-hybridized carbons (Fsp3) is 0.308. The van der Waals surface area contributed by atoms with Gasteiger partial charge in [0.05, 0.1) is 11.4 Å². The maximum Gasteiger partial charge on any atom is 0.195 e. The van der Waals surface area contributed by atoms with Crippen molar-refractivity contribution < 1.29 is 4.79 Å². The quantitative estimate of drug-likeness (QED) is 0.782. The van der Waals surface area contributed by atoms with E-state index in [9.17, 15) is 4.79 Å². The molecule has 0 aliphatic heterocycles. The molecule has 0 fully saturated rings. The van der Waals surface area contributed by atoms with Crippen molar-refractivity contribution in [1.29, 1.82) is 0 Å². The Kier molecular flexibility index (Phi) is 3.33. The zero-order valence-electron chi connectivity index (χ0n) is 10.2. The van der Waals surface area contributed by atoms with Crippen LogP contribution in [0.1, 0.15) is 39.1 Å². The van der Waals surface area contributed by atoms with E-state index in [2.05, 4.69) is 10.2 Å². The Morgan fingerprint density at radius 1 is 1.29 bits per heavy atom. The highest BCUT2D eigenvalue weighted by Gasteiger charge is 2.15. The van der Waals surface area contributed by atoms with Crippen LogP contribution in [0.15, 0.2) is 17.5 Å². The molecule has 4 heteroatoms. The van der Waals surface area contributed by atoms with E-state index in [4.69, 9.17) is 0 Å². The van der Waals surface area contributed by atoms with Gasteiger partial charge < -0.3 is 0 Å². The van der Waals surface area contributed by atoms with Crippen LogP contribution in [0.4, 0.5) is 0 Å². The van der Waals surface area contributed by atoms with Crippen LogP contribution in [-0.4, -0.2) is 16.0 Å². The van der Waals surface area contributed by atoms with Gasteiger partial charge in [-0.2, -0.15) is 10.2 Å². The van der Waals surface area contributed by atoms with Crippen molar-refractivity contribution in [3.8, 4) is 0 Å². The van der Waals surface area contributed by atoms with E-state index in [0.29, 0.717) is 5.56 Å². The molecule has 88 valence electrons. The Balaban J connectivity index is 2.46. The van der Waals surface area contributed by atoms with E-state index in [1.54, 1.807) is 11.3 Å². The summed E-state index contributed by atoms with van der Waals surface area (Å²) in [6.45, 7) is 5.83. The Hall–Kier alpha value is -1.55. The number of aromatic nitrogens is 2. The lowest BCUT2D eigenvalue weighted by molar-refractivity contribution is 0.103. The first-order chi connectivity index (χ1) is 8.11. The molecule has 0 bridgehead atoms. The number of carbonyl (C=O) groups is 1. The van der Waals surface area contributed by atoms with Crippen molar-refractivity contribution in [2.24, 2.45) is 0 Å². The molecule has 17 heavy (non-hydrogen) atoms. The molecule has 0 atom stereocenters. The molecular weight excluding hydrogens is 232 g/mol. The van der Waals surface area contributed by atoms with Crippen LogP contribution in [0.25, 0.3) is 0 Å². The molecule has 0 saturated heterocycles.